The molecule has 2 bridgehead atoms. The van der Waals surface area contributed by atoms with E-state index in [1.807, 2.05) is 0 Å². The summed E-state index contributed by atoms with van der Waals surface area (Å²) in [4.78, 5) is 2.67. The zero-order chi connectivity index (χ0) is 9.47. The molecule has 1 saturated carbocycles. The van der Waals surface area contributed by atoms with E-state index in [1.54, 1.807) is 0 Å². The zero-order valence-corrected chi connectivity index (χ0v) is 9.34. The molecule has 1 heterocycles. The van der Waals surface area contributed by atoms with Crippen molar-refractivity contribution in [3.05, 3.63) is 0 Å². The van der Waals surface area contributed by atoms with Gasteiger partial charge in [-0.3, -0.25) is 0 Å². The third-order valence-corrected chi connectivity index (χ3v) is 4.69. The Hall–Kier alpha value is -0.0400. The highest BCUT2D eigenvalue weighted by Crippen LogP contribution is 2.47. The summed E-state index contributed by atoms with van der Waals surface area (Å²) in [5, 5.41) is 0. The molecule has 0 unspecified atom stereocenters. The van der Waals surface area contributed by atoms with Crippen LogP contribution in [-0.2, 0) is 0 Å². The Labute approximate surface area is 82.5 Å². The number of hydrogen-bond donors (Lipinski definition) is 0. The molecule has 1 saturated heterocycles. The Morgan fingerprint density at radius 2 is 2.31 bits per heavy atom. The number of hydrogen-bond acceptors (Lipinski definition) is 1. The molecule has 1 aliphatic heterocycles. The highest BCUT2D eigenvalue weighted by molar-refractivity contribution is 5.03. The summed E-state index contributed by atoms with van der Waals surface area (Å²) < 4.78 is 0. The van der Waals surface area contributed by atoms with Crippen molar-refractivity contribution in [3.8, 4) is 0 Å². The Balaban J connectivity index is 2.19. The minimum Gasteiger partial charge on any atom is -0.300 e. The van der Waals surface area contributed by atoms with E-state index in [0.717, 1.165) is 11.8 Å². The van der Waals surface area contributed by atoms with Gasteiger partial charge in [-0.2, -0.15) is 0 Å². The van der Waals surface area contributed by atoms with Crippen molar-refractivity contribution in [2.45, 2.75) is 51.5 Å². The van der Waals surface area contributed by atoms with Crippen molar-refractivity contribution in [3.63, 3.8) is 0 Å². The maximum Gasteiger partial charge on any atom is 0.0235 e. The van der Waals surface area contributed by atoms with Crippen molar-refractivity contribution in [1.82, 2.24) is 4.90 Å². The van der Waals surface area contributed by atoms with Gasteiger partial charge in [-0.15, -0.1) is 0 Å². The van der Waals surface area contributed by atoms with Crippen LogP contribution in [0.3, 0.4) is 0 Å². The number of nitrogens with zero attached hydrogens (tertiary/aromatic N) is 1. The van der Waals surface area contributed by atoms with E-state index in [-0.39, 0.29) is 0 Å². The molecular formula is C12H23N. The maximum absolute atomic E-state index is 2.67. The second-order valence-corrected chi connectivity index (χ2v) is 5.26. The first-order valence-electron chi connectivity index (χ1n) is 5.90. The molecule has 0 amide bonds. The summed E-state index contributed by atoms with van der Waals surface area (Å²) in [6.07, 6.45) is 7.24. The highest BCUT2D eigenvalue weighted by atomic mass is 15.2. The van der Waals surface area contributed by atoms with Crippen LogP contribution in [0.1, 0.15) is 46.0 Å². The topological polar surface area (TPSA) is 3.24 Å². The van der Waals surface area contributed by atoms with Gasteiger partial charge in [-0.25, -0.2) is 0 Å². The molecule has 1 aliphatic carbocycles. The third kappa shape index (κ3) is 1.32. The second-order valence-electron chi connectivity index (χ2n) is 5.26. The lowest BCUT2D eigenvalue weighted by Gasteiger charge is -2.43. The van der Waals surface area contributed by atoms with Gasteiger partial charge in [0.2, 0.25) is 0 Å². The lowest BCUT2D eigenvalue weighted by Crippen LogP contribution is -2.47. The molecule has 2 rings (SSSR count). The van der Waals surface area contributed by atoms with Gasteiger partial charge in [-0.1, -0.05) is 26.7 Å². The van der Waals surface area contributed by atoms with Crippen LogP contribution >= 0.6 is 0 Å². The molecule has 1 heteroatoms. The molecule has 0 aromatic rings. The second kappa shape index (κ2) is 3.27. The van der Waals surface area contributed by atoms with Crippen molar-refractivity contribution in [2.24, 2.45) is 11.8 Å². The smallest absolute Gasteiger partial charge is 0.0235 e. The molecule has 0 radical (unpaired) electrons. The molecule has 13 heavy (non-hydrogen) atoms. The van der Waals surface area contributed by atoms with Crippen LogP contribution in [0.25, 0.3) is 0 Å². The minimum absolute atomic E-state index is 0.595. The number of fused-ring (bicyclic) bond motifs is 2. The molecule has 0 N–H and O–H groups in total. The molecule has 0 aromatic heterocycles. The van der Waals surface area contributed by atoms with E-state index in [4.69, 9.17) is 0 Å². The lowest BCUT2D eigenvalue weighted by atomic mass is 9.72. The normalized spacial score (nSPS) is 42.2. The van der Waals surface area contributed by atoms with E-state index in [1.165, 1.54) is 38.6 Å². The summed E-state index contributed by atoms with van der Waals surface area (Å²) in [6.45, 7) is 6.16. The summed E-state index contributed by atoms with van der Waals surface area (Å²) in [5.41, 5.74) is 0.595. The van der Waals surface area contributed by atoms with Gasteiger partial charge in [-0.05, 0) is 38.1 Å². The molecule has 3 atom stereocenters. The maximum atomic E-state index is 2.67. The van der Waals surface area contributed by atoms with Crippen LogP contribution in [0.2, 0.25) is 0 Å². The van der Waals surface area contributed by atoms with E-state index in [2.05, 4.69) is 25.8 Å². The standard InChI is InChI=1S/C12H23N/c1-4-10(2)12-7-5-6-11(8-12)9-13(12)3/h10-11H,4-9H2,1-3H3/t10-,11+,12+/m1/s1. The van der Waals surface area contributed by atoms with Gasteiger partial charge in [0, 0.05) is 12.1 Å². The fraction of sp³-hybridized carbons (Fsp3) is 1.00. The van der Waals surface area contributed by atoms with Crippen LogP contribution in [0.4, 0.5) is 0 Å². The Kier molecular flexibility index (Phi) is 2.39. The first kappa shape index (κ1) is 9.51. The van der Waals surface area contributed by atoms with Crippen molar-refractivity contribution < 1.29 is 0 Å². The first-order valence-corrected chi connectivity index (χ1v) is 5.90. The predicted octanol–water partition coefficient (Wildman–Crippen LogP) is 2.91. The van der Waals surface area contributed by atoms with Gasteiger partial charge in [0.1, 0.15) is 0 Å². The van der Waals surface area contributed by atoms with Gasteiger partial charge in [0.25, 0.3) is 0 Å². The largest absolute Gasteiger partial charge is 0.300 e. The first-order chi connectivity index (χ1) is 6.19. The zero-order valence-electron chi connectivity index (χ0n) is 9.34. The average molecular weight is 181 g/mol. The van der Waals surface area contributed by atoms with E-state index < -0.39 is 0 Å². The lowest BCUT2D eigenvalue weighted by molar-refractivity contribution is 0.0848. The highest BCUT2D eigenvalue weighted by Gasteiger charge is 2.48. The minimum atomic E-state index is 0.595. The Bertz CT molecular complexity index is 184. The van der Waals surface area contributed by atoms with Crippen molar-refractivity contribution >= 4 is 0 Å². The molecule has 0 spiro atoms. The monoisotopic (exact) mass is 181 g/mol. The average Bonchev–Trinajstić information content (AvgIpc) is 2.37. The van der Waals surface area contributed by atoms with Gasteiger partial charge < -0.3 is 4.90 Å². The number of rotatable bonds is 2. The van der Waals surface area contributed by atoms with Crippen LogP contribution in [-0.4, -0.2) is 24.0 Å². The Morgan fingerprint density at radius 1 is 1.54 bits per heavy atom. The van der Waals surface area contributed by atoms with Crippen LogP contribution < -0.4 is 0 Å². The number of likely N-dealkylation sites (tertiary alicyclic amines) is 1. The fourth-order valence-corrected chi connectivity index (χ4v) is 3.68. The van der Waals surface area contributed by atoms with E-state index in [0.29, 0.717) is 5.54 Å². The molecule has 76 valence electrons. The summed E-state index contributed by atoms with van der Waals surface area (Å²) in [6, 6.07) is 0. The quantitative estimate of drug-likeness (QED) is 0.633. The molecular weight excluding hydrogens is 158 g/mol. The van der Waals surface area contributed by atoms with Crippen LogP contribution in [0.5, 0.6) is 0 Å². The molecule has 2 aliphatic rings. The molecule has 1 nitrogen and oxygen atoms in total. The molecule has 2 fully saturated rings. The SMILES string of the molecule is CC[C@@H](C)[C@@]12CCC[C@H](CN1C)C2. The van der Waals surface area contributed by atoms with E-state index in [9.17, 15) is 0 Å². The predicted molar refractivity (Wildman–Crippen MR) is 56.8 cm³/mol. The fourth-order valence-electron chi connectivity index (χ4n) is 3.68. The van der Waals surface area contributed by atoms with Gasteiger partial charge >= 0.3 is 0 Å². The third-order valence-electron chi connectivity index (χ3n) is 4.69. The van der Waals surface area contributed by atoms with Crippen molar-refractivity contribution in [2.75, 3.05) is 13.6 Å². The molecule has 0 aromatic carbocycles. The van der Waals surface area contributed by atoms with Crippen molar-refractivity contribution in [1.29, 1.82) is 0 Å². The van der Waals surface area contributed by atoms with Crippen LogP contribution in [0, 0.1) is 11.8 Å². The summed E-state index contributed by atoms with van der Waals surface area (Å²) in [7, 11) is 2.34. The summed E-state index contributed by atoms with van der Waals surface area (Å²) in [5.74, 6) is 1.91. The van der Waals surface area contributed by atoms with E-state index >= 15 is 0 Å². The van der Waals surface area contributed by atoms with Gasteiger partial charge in [0.15, 0.2) is 0 Å². The van der Waals surface area contributed by atoms with Crippen LogP contribution in [0.15, 0.2) is 0 Å². The van der Waals surface area contributed by atoms with Gasteiger partial charge in [0.05, 0.1) is 0 Å². The Morgan fingerprint density at radius 3 is 3.00 bits per heavy atom. The summed E-state index contributed by atoms with van der Waals surface area (Å²) >= 11 is 0.